The Bertz CT molecular complexity index is 728. The molecule has 0 heterocycles. The summed E-state index contributed by atoms with van der Waals surface area (Å²) in [4.78, 5) is 3.64. The van der Waals surface area contributed by atoms with Gasteiger partial charge in [0, 0.05) is 39.4 Å². The summed E-state index contributed by atoms with van der Waals surface area (Å²) in [6, 6.07) is 0. The Morgan fingerprint density at radius 1 is 0.442 bits per heavy atom. The van der Waals surface area contributed by atoms with E-state index in [1.165, 1.54) is 0 Å². The Morgan fingerprint density at radius 2 is 0.808 bits per heavy atom. The normalized spacial score (nSPS) is 18.2. The number of aliphatic hydroxyl groups excluding tert-OH is 10. The van der Waals surface area contributed by atoms with Gasteiger partial charge in [0.2, 0.25) is 0 Å². The van der Waals surface area contributed by atoms with Crippen LogP contribution in [-0.4, -0.2) is 189 Å². The summed E-state index contributed by atoms with van der Waals surface area (Å²) in [7, 11) is 0. The number of rotatable bonds is 37. The van der Waals surface area contributed by atoms with E-state index in [1.54, 1.807) is 0 Å². The van der Waals surface area contributed by atoms with Gasteiger partial charge in [-0.05, 0) is 50.6 Å². The summed E-state index contributed by atoms with van der Waals surface area (Å²) in [5, 5.41) is 101. The minimum absolute atomic E-state index is 0.0192. The Balaban J connectivity index is 5.15. The first kappa shape index (κ1) is 51.4. The van der Waals surface area contributed by atoms with Gasteiger partial charge < -0.3 is 60.5 Å². The Labute approximate surface area is 314 Å². The van der Waals surface area contributed by atoms with Gasteiger partial charge in [0.25, 0.3) is 0 Å². The molecule has 0 fully saturated rings. The van der Waals surface area contributed by atoms with Crippen LogP contribution in [0.2, 0.25) is 0 Å². The molecule has 10 N–H and O–H groups in total. The molecular formula is C38H80N2O12. The fourth-order valence-corrected chi connectivity index (χ4v) is 6.25. The summed E-state index contributed by atoms with van der Waals surface area (Å²) in [5.74, 6) is 0.865. The molecule has 14 heteroatoms. The van der Waals surface area contributed by atoms with Crippen molar-refractivity contribution in [3.63, 3.8) is 0 Å². The maximum absolute atomic E-state index is 10.7. The number of aliphatic hydroxyl groups is 10. The topological polar surface area (TPSA) is 227 Å². The minimum Gasteiger partial charge on any atom is -0.394 e. The maximum atomic E-state index is 10.7. The molecule has 0 saturated carbocycles. The van der Waals surface area contributed by atoms with Gasteiger partial charge in [-0.1, -0.05) is 79.1 Å². The summed E-state index contributed by atoms with van der Waals surface area (Å²) in [6.07, 6.45) is 1.22. The quantitative estimate of drug-likeness (QED) is 0.0390. The lowest BCUT2D eigenvalue weighted by molar-refractivity contribution is -0.0878. The molecule has 0 aromatic heterocycles. The highest BCUT2D eigenvalue weighted by Crippen LogP contribution is 2.15. The molecule has 10 atom stereocenters. The minimum atomic E-state index is -1.54. The van der Waals surface area contributed by atoms with E-state index in [0.717, 1.165) is 64.2 Å². The van der Waals surface area contributed by atoms with E-state index in [-0.39, 0.29) is 39.4 Å². The Morgan fingerprint density at radius 3 is 1.12 bits per heavy atom. The summed E-state index contributed by atoms with van der Waals surface area (Å²) in [6.45, 7) is 9.90. The zero-order valence-electron chi connectivity index (χ0n) is 32.9. The van der Waals surface area contributed by atoms with Crippen molar-refractivity contribution in [1.29, 1.82) is 0 Å². The third kappa shape index (κ3) is 24.8. The molecule has 0 saturated heterocycles. The fraction of sp³-hybridized carbons (Fsp3) is 1.00. The van der Waals surface area contributed by atoms with Crippen LogP contribution in [0.1, 0.15) is 105 Å². The van der Waals surface area contributed by atoms with Crippen LogP contribution in [0.4, 0.5) is 0 Å². The first-order valence-electron chi connectivity index (χ1n) is 20.1. The second kappa shape index (κ2) is 32.7. The van der Waals surface area contributed by atoms with Crippen molar-refractivity contribution < 1.29 is 60.5 Å². The lowest BCUT2D eigenvalue weighted by Gasteiger charge is -2.31. The van der Waals surface area contributed by atoms with Gasteiger partial charge in [0.15, 0.2) is 0 Å². The van der Waals surface area contributed by atoms with E-state index in [9.17, 15) is 51.1 Å². The van der Waals surface area contributed by atoms with Crippen LogP contribution in [0.5, 0.6) is 0 Å². The van der Waals surface area contributed by atoms with E-state index in [4.69, 9.17) is 9.47 Å². The van der Waals surface area contributed by atoms with E-state index in [0.29, 0.717) is 51.0 Å². The maximum Gasteiger partial charge on any atom is 0.109 e. The van der Waals surface area contributed by atoms with Gasteiger partial charge in [-0.15, -0.1) is 0 Å². The Kier molecular flexibility index (Phi) is 32.3. The zero-order valence-corrected chi connectivity index (χ0v) is 32.9. The molecule has 0 aliphatic rings. The number of unbranched alkanes of at least 4 members (excludes halogenated alkanes) is 5. The number of hydrogen-bond acceptors (Lipinski definition) is 14. The van der Waals surface area contributed by atoms with Crippen LogP contribution < -0.4 is 0 Å². The van der Waals surface area contributed by atoms with Crippen molar-refractivity contribution in [2.45, 2.75) is 154 Å². The first-order valence-corrected chi connectivity index (χ1v) is 20.1. The van der Waals surface area contributed by atoms with Crippen LogP contribution in [0, 0.1) is 11.8 Å². The summed E-state index contributed by atoms with van der Waals surface area (Å²) in [5.41, 5.74) is 0. The lowest BCUT2D eigenvalue weighted by Crippen LogP contribution is -2.48. The molecule has 0 bridgehead atoms. The van der Waals surface area contributed by atoms with E-state index >= 15 is 0 Å². The van der Waals surface area contributed by atoms with Gasteiger partial charge in [-0.3, -0.25) is 9.80 Å². The smallest absolute Gasteiger partial charge is 0.109 e. The largest absolute Gasteiger partial charge is 0.394 e. The highest BCUT2D eigenvalue weighted by Gasteiger charge is 2.28. The molecule has 0 aromatic carbocycles. The molecule has 14 nitrogen and oxygen atoms in total. The molecule has 0 aromatic rings. The standard InChI is InChI=1S/C38H80N2O12/c1-5-9-15-29(7-3)25-51-27-31(43)19-39(21-33(45)37(49)35(47)23-41)17-13-11-12-14-18-40(22-34(46)38(50)36(48)24-42)20-32(44)28-52-26-30(8-4)16-10-6-2/h29-38,41-50H,5-28H2,1-4H3. The highest BCUT2D eigenvalue weighted by molar-refractivity contribution is 4.80. The molecule has 0 amide bonds. The summed E-state index contributed by atoms with van der Waals surface area (Å²) >= 11 is 0. The van der Waals surface area contributed by atoms with Gasteiger partial charge >= 0.3 is 0 Å². The molecular weight excluding hydrogens is 676 g/mol. The predicted octanol–water partition coefficient (Wildman–Crippen LogP) is 0.489. The predicted molar refractivity (Wildman–Crippen MR) is 202 cm³/mol. The fourth-order valence-electron chi connectivity index (χ4n) is 6.25. The highest BCUT2D eigenvalue weighted by atomic mass is 16.5. The van der Waals surface area contributed by atoms with Crippen LogP contribution in [0.15, 0.2) is 0 Å². The molecule has 314 valence electrons. The van der Waals surface area contributed by atoms with Crippen LogP contribution in [-0.2, 0) is 9.47 Å². The van der Waals surface area contributed by atoms with E-state index in [1.807, 2.05) is 9.80 Å². The van der Waals surface area contributed by atoms with Crippen molar-refractivity contribution in [2.75, 3.05) is 78.9 Å². The third-order valence-electron chi connectivity index (χ3n) is 9.89. The van der Waals surface area contributed by atoms with Crippen LogP contribution >= 0.6 is 0 Å². The van der Waals surface area contributed by atoms with Crippen molar-refractivity contribution >= 4 is 0 Å². The van der Waals surface area contributed by atoms with Gasteiger partial charge in [0.05, 0.1) is 50.8 Å². The average Bonchev–Trinajstić information content (AvgIpc) is 3.13. The van der Waals surface area contributed by atoms with Crippen LogP contribution in [0.3, 0.4) is 0 Å². The summed E-state index contributed by atoms with van der Waals surface area (Å²) < 4.78 is 11.6. The molecule has 0 spiro atoms. The molecule has 0 aliphatic carbocycles. The number of hydrogen-bond donors (Lipinski definition) is 10. The van der Waals surface area contributed by atoms with Crippen molar-refractivity contribution in [2.24, 2.45) is 11.8 Å². The van der Waals surface area contributed by atoms with Crippen molar-refractivity contribution in [3.8, 4) is 0 Å². The monoisotopic (exact) mass is 757 g/mol. The SMILES string of the molecule is CCCCC(CC)COCC(O)CN(CCCCCCN(CC(O)COCC(CC)CCCC)CC(O)C(O)C(O)CO)CC(O)C(O)C(O)CO. The van der Waals surface area contributed by atoms with E-state index < -0.39 is 62.0 Å². The molecule has 10 unspecified atom stereocenters. The number of nitrogens with zero attached hydrogens (tertiary/aromatic N) is 2. The van der Waals surface area contributed by atoms with Gasteiger partial charge in [-0.25, -0.2) is 0 Å². The van der Waals surface area contributed by atoms with Crippen molar-refractivity contribution in [1.82, 2.24) is 9.80 Å². The van der Waals surface area contributed by atoms with E-state index in [2.05, 4.69) is 27.7 Å². The average molecular weight is 757 g/mol. The molecule has 0 radical (unpaired) electrons. The van der Waals surface area contributed by atoms with Gasteiger partial charge in [-0.2, -0.15) is 0 Å². The van der Waals surface area contributed by atoms with Crippen molar-refractivity contribution in [3.05, 3.63) is 0 Å². The second-order valence-electron chi connectivity index (χ2n) is 14.8. The lowest BCUT2D eigenvalue weighted by atomic mass is 10.0. The molecule has 0 aliphatic heterocycles. The molecule has 52 heavy (non-hydrogen) atoms. The van der Waals surface area contributed by atoms with Gasteiger partial charge in [0.1, 0.15) is 24.4 Å². The first-order chi connectivity index (χ1) is 24.9. The second-order valence-corrected chi connectivity index (χ2v) is 14.8. The zero-order chi connectivity index (χ0) is 39.3. The van der Waals surface area contributed by atoms with Crippen LogP contribution in [0.25, 0.3) is 0 Å². The third-order valence-corrected chi connectivity index (χ3v) is 9.89. The molecule has 0 rings (SSSR count). The number of ether oxygens (including phenoxy) is 2. The Hall–Kier alpha value is -0.560.